The molecule has 0 bridgehead atoms. The number of anilines is 1. The van der Waals surface area contributed by atoms with Gasteiger partial charge in [0.2, 0.25) is 0 Å². The van der Waals surface area contributed by atoms with Crippen LogP contribution in [-0.2, 0) is 4.79 Å². The van der Waals surface area contributed by atoms with Crippen molar-refractivity contribution in [2.24, 2.45) is 0 Å². The van der Waals surface area contributed by atoms with E-state index in [1.165, 1.54) is 19.3 Å². The van der Waals surface area contributed by atoms with Crippen molar-refractivity contribution in [3.05, 3.63) is 53.6 Å². The Morgan fingerprint density at radius 3 is 2.31 bits per heavy atom. The number of carbonyl (C=O) groups excluding carboxylic acids is 1. The minimum absolute atomic E-state index is 0.215. The van der Waals surface area contributed by atoms with Crippen LogP contribution in [0.15, 0.2) is 48.5 Å². The maximum Gasteiger partial charge on any atom is 0.265 e. The van der Waals surface area contributed by atoms with Crippen molar-refractivity contribution in [3.8, 4) is 11.5 Å². The largest absolute Gasteiger partial charge is 0.494 e. The Morgan fingerprint density at radius 1 is 1.00 bits per heavy atom. The van der Waals surface area contributed by atoms with E-state index in [9.17, 15) is 4.79 Å². The fourth-order valence-electron chi connectivity index (χ4n) is 2.37. The van der Waals surface area contributed by atoms with E-state index in [1.807, 2.05) is 24.3 Å². The van der Waals surface area contributed by atoms with Gasteiger partial charge in [0, 0.05) is 10.7 Å². The first kappa shape index (κ1) is 20.1. The Kier molecular flexibility index (Phi) is 8.29. The fraction of sp³-hybridized carbons (Fsp3) is 0.381. The molecular weight excluding hydrogens is 350 g/mol. The Bertz CT molecular complexity index is 671. The summed E-state index contributed by atoms with van der Waals surface area (Å²) in [5, 5.41) is 3.47. The lowest BCUT2D eigenvalue weighted by Crippen LogP contribution is -2.30. The predicted molar refractivity (Wildman–Crippen MR) is 106 cm³/mol. The van der Waals surface area contributed by atoms with Gasteiger partial charge in [0.1, 0.15) is 11.5 Å². The molecule has 0 spiro atoms. The molecule has 1 amide bonds. The highest BCUT2D eigenvalue weighted by Crippen LogP contribution is 2.19. The first-order valence-electron chi connectivity index (χ1n) is 9.04. The topological polar surface area (TPSA) is 47.6 Å². The number of hydrogen-bond acceptors (Lipinski definition) is 3. The third-order valence-corrected chi connectivity index (χ3v) is 4.14. The summed E-state index contributed by atoms with van der Waals surface area (Å²) in [6.07, 6.45) is 4.09. The van der Waals surface area contributed by atoms with E-state index in [2.05, 4.69) is 12.2 Å². The molecule has 140 valence electrons. The van der Waals surface area contributed by atoms with Crippen LogP contribution in [0.3, 0.4) is 0 Å². The summed E-state index contributed by atoms with van der Waals surface area (Å²) >= 11 is 5.84. The zero-order valence-corrected chi connectivity index (χ0v) is 16.1. The molecule has 0 fully saturated rings. The summed E-state index contributed by atoms with van der Waals surface area (Å²) in [5.41, 5.74) is 0.708. The van der Waals surface area contributed by atoms with Crippen LogP contribution in [0, 0.1) is 0 Å². The summed E-state index contributed by atoms with van der Waals surface area (Å²) < 4.78 is 11.3. The minimum atomic E-state index is -0.620. The van der Waals surface area contributed by atoms with Crippen molar-refractivity contribution in [1.29, 1.82) is 0 Å². The summed E-state index contributed by atoms with van der Waals surface area (Å²) in [6.45, 7) is 4.62. The van der Waals surface area contributed by atoms with E-state index >= 15 is 0 Å². The van der Waals surface area contributed by atoms with Gasteiger partial charge in [-0.1, -0.05) is 37.8 Å². The van der Waals surface area contributed by atoms with Gasteiger partial charge in [-0.2, -0.15) is 0 Å². The van der Waals surface area contributed by atoms with Gasteiger partial charge in [0.05, 0.1) is 6.61 Å². The van der Waals surface area contributed by atoms with Crippen molar-refractivity contribution in [3.63, 3.8) is 0 Å². The van der Waals surface area contributed by atoms with Gasteiger partial charge in [0.15, 0.2) is 6.10 Å². The van der Waals surface area contributed by atoms with Gasteiger partial charge in [-0.3, -0.25) is 4.79 Å². The molecule has 4 nitrogen and oxygen atoms in total. The van der Waals surface area contributed by atoms with Crippen LogP contribution in [0.25, 0.3) is 0 Å². The number of carbonyl (C=O) groups is 1. The molecule has 5 heteroatoms. The average Bonchev–Trinajstić information content (AvgIpc) is 2.64. The van der Waals surface area contributed by atoms with Crippen molar-refractivity contribution < 1.29 is 14.3 Å². The summed E-state index contributed by atoms with van der Waals surface area (Å²) in [4.78, 5) is 12.2. The number of ether oxygens (including phenoxy) is 2. The average molecular weight is 376 g/mol. The lowest BCUT2D eigenvalue weighted by molar-refractivity contribution is -0.122. The smallest absolute Gasteiger partial charge is 0.265 e. The fourth-order valence-corrected chi connectivity index (χ4v) is 2.49. The van der Waals surface area contributed by atoms with Crippen LogP contribution in [-0.4, -0.2) is 18.6 Å². The van der Waals surface area contributed by atoms with Crippen molar-refractivity contribution in [2.75, 3.05) is 11.9 Å². The quantitative estimate of drug-likeness (QED) is 0.541. The SMILES string of the molecule is CCCCCCOc1ccc(NC(=O)C(C)Oc2ccc(Cl)cc2)cc1. The zero-order valence-electron chi connectivity index (χ0n) is 15.3. The van der Waals surface area contributed by atoms with E-state index in [0.29, 0.717) is 16.5 Å². The minimum Gasteiger partial charge on any atom is -0.494 e. The molecule has 2 aromatic carbocycles. The molecule has 0 aromatic heterocycles. The van der Waals surface area contributed by atoms with Crippen molar-refractivity contribution in [1.82, 2.24) is 0 Å². The number of hydrogen-bond donors (Lipinski definition) is 1. The molecule has 1 unspecified atom stereocenters. The Balaban J connectivity index is 1.78. The number of unbranched alkanes of at least 4 members (excludes halogenated alkanes) is 3. The van der Waals surface area contributed by atoms with Crippen LogP contribution >= 0.6 is 11.6 Å². The molecule has 0 radical (unpaired) electrons. The summed E-state index contributed by atoms with van der Waals surface area (Å²) in [5.74, 6) is 1.20. The first-order valence-corrected chi connectivity index (χ1v) is 9.42. The molecule has 0 saturated heterocycles. The van der Waals surface area contributed by atoms with Gasteiger partial charge in [0.25, 0.3) is 5.91 Å². The molecule has 0 aliphatic rings. The van der Waals surface area contributed by atoms with Crippen LogP contribution in [0.1, 0.15) is 39.5 Å². The molecule has 2 aromatic rings. The number of nitrogens with one attached hydrogen (secondary N) is 1. The van der Waals surface area contributed by atoms with Crippen molar-refractivity contribution in [2.45, 2.75) is 45.6 Å². The molecule has 26 heavy (non-hydrogen) atoms. The van der Waals surface area contributed by atoms with Crippen LogP contribution < -0.4 is 14.8 Å². The van der Waals surface area contributed by atoms with Gasteiger partial charge < -0.3 is 14.8 Å². The zero-order chi connectivity index (χ0) is 18.8. The van der Waals surface area contributed by atoms with Crippen LogP contribution in [0.4, 0.5) is 5.69 Å². The molecular formula is C21H26ClNO3. The van der Waals surface area contributed by atoms with E-state index < -0.39 is 6.10 Å². The molecule has 1 atom stereocenters. The van der Waals surface area contributed by atoms with Gasteiger partial charge in [-0.05, 0) is 61.9 Å². The summed E-state index contributed by atoms with van der Waals surface area (Å²) in [7, 11) is 0. The highest BCUT2D eigenvalue weighted by molar-refractivity contribution is 6.30. The standard InChI is InChI=1S/C21H26ClNO3/c1-3-4-5-6-15-25-19-13-9-18(10-14-19)23-21(24)16(2)26-20-11-7-17(22)8-12-20/h7-14,16H,3-6,15H2,1-2H3,(H,23,24). The Hall–Kier alpha value is -2.20. The third-order valence-electron chi connectivity index (χ3n) is 3.88. The van der Waals surface area contributed by atoms with E-state index in [-0.39, 0.29) is 5.91 Å². The number of halogens is 1. The highest BCUT2D eigenvalue weighted by atomic mass is 35.5. The normalized spacial score (nSPS) is 11.7. The molecule has 0 aliphatic heterocycles. The second-order valence-electron chi connectivity index (χ2n) is 6.14. The third kappa shape index (κ3) is 6.96. The van der Waals surface area contributed by atoms with Crippen LogP contribution in [0.2, 0.25) is 5.02 Å². The lowest BCUT2D eigenvalue weighted by Gasteiger charge is -2.15. The van der Waals surface area contributed by atoms with E-state index in [0.717, 1.165) is 18.8 Å². The number of benzene rings is 2. The van der Waals surface area contributed by atoms with Gasteiger partial charge in [-0.15, -0.1) is 0 Å². The maximum absolute atomic E-state index is 12.2. The lowest BCUT2D eigenvalue weighted by atomic mass is 10.2. The highest BCUT2D eigenvalue weighted by Gasteiger charge is 2.14. The Labute approximate surface area is 160 Å². The molecule has 0 heterocycles. The molecule has 2 rings (SSSR count). The Morgan fingerprint density at radius 2 is 1.65 bits per heavy atom. The molecule has 0 aliphatic carbocycles. The number of amides is 1. The van der Waals surface area contributed by atoms with Crippen molar-refractivity contribution >= 4 is 23.2 Å². The molecule has 1 N–H and O–H groups in total. The summed E-state index contributed by atoms with van der Waals surface area (Å²) in [6, 6.07) is 14.3. The first-order chi connectivity index (χ1) is 12.6. The second kappa shape index (κ2) is 10.7. The monoisotopic (exact) mass is 375 g/mol. The van der Waals surface area contributed by atoms with Gasteiger partial charge in [-0.25, -0.2) is 0 Å². The second-order valence-corrected chi connectivity index (χ2v) is 6.57. The van der Waals surface area contributed by atoms with Gasteiger partial charge >= 0.3 is 0 Å². The van der Waals surface area contributed by atoms with E-state index in [1.54, 1.807) is 31.2 Å². The number of rotatable bonds is 10. The maximum atomic E-state index is 12.2. The molecule has 0 saturated carbocycles. The van der Waals surface area contributed by atoms with E-state index in [4.69, 9.17) is 21.1 Å². The van der Waals surface area contributed by atoms with Crippen LogP contribution in [0.5, 0.6) is 11.5 Å². The predicted octanol–water partition coefficient (Wildman–Crippen LogP) is 5.71.